The van der Waals surface area contributed by atoms with Crippen LogP contribution in [0.2, 0.25) is 0 Å². The minimum absolute atomic E-state index is 0.249. The topological polar surface area (TPSA) is 57.6 Å². The Morgan fingerprint density at radius 1 is 0.931 bits per heavy atom. The molecule has 29 heavy (non-hydrogen) atoms. The van der Waals surface area contributed by atoms with Crippen LogP contribution in [0, 0.1) is 5.92 Å². The average molecular weight is 385 g/mol. The van der Waals surface area contributed by atoms with Gasteiger partial charge in [-0.25, -0.2) is 0 Å². The van der Waals surface area contributed by atoms with Crippen LogP contribution < -0.4 is 4.90 Å². The first-order valence-corrected chi connectivity index (χ1v) is 9.80. The second-order valence-corrected chi connectivity index (χ2v) is 7.43. The fourth-order valence-corrected chi connectivity index (χ4v) is 4.03. The first-order valence-electron chi connectivity index (χ1n) is 9.80. The molecule has 1 heterocycles. The Morgan fingerprint density at radius 3 is 2.21 bits per heavy atom. The zero-order valence-corrected chi connectivity index (χ0v) is 16.3. The Hall–Kier alpha value is -3.24. The number of benzene rings is 3. The molecule has 3 aromatic carbocycles. The molecule has 0 aliphatic carbocycles. The van der Waals surface area contributed by atoms with Crippen molar-refractivity contribution < 1.29 is 14.7 Å². The molecule has 1 N–H and O–H groups in total. The van der Waals surface area contributed by atoms with E-state index in [1.54, 1.807) is 48.2 Å². The molecule has 0 saturated carbocycles. The summed E-state index contributed by atoms with van der Waals surface area (Å²) in [4.78, 5) is 28.1. The third-order valence-electron chi connectivity index (χ3n) is 5.72. The maximum Gasteiger partial charge on any atom is 0.264 e. The highest BCUT2D eigenvalue weighted by Gasteiger charge is 2.55. The molecule has 0 bridgehead atoms. The predicted octanol–water partition coefficient (Wildman–Crippen LogP) is 3.98. The molecule has 4 rings (SSSR count). The molecule has 4 heteroatoms. The van der Waals surface area contributed by atoms with Crippen molar-refractivity contribution in [3.63, 3.8) is 0 Å². The Bertz CT molecular complexity index is 1030. The van der Waals surface area contributed by atoms with Gasteiger partial charge in [0.25, 0.3) is 5.91 Å². The number of hydrogen-bond donors (Lipinski definition) is 1. The second-order valence-electron chi connectivity index (χ2n) is 7.43. The van der Waals surface area contributed by atoms with Crippen molar-refractivity contribution in [2.75, 3.05) is 11.4 Å². The summed E-state index contributed by atoms with van der Waals surface area (Å²) in [6.07, 6.45) is 0.665. The van der Waals surface area contributed by atoms with Crippen molar-refractivity contribution in [3.8, 4) is 0 Å². The van der Waals surface area contributed by atoms with Crippen LogP contribution >= 0.6 is 0 Å². The molecule has 0 saturated heterocycles. The minimum Gasteiger partial charge on any atom is -0.375 e. The van der Waals surface area contributed by atoms with Crippen molar-refractivity contribution in [1.29, 1.82) is 0 Å². The SMILES string of the molecule is C[C@@H](C(=O)c1ccccc1)[C@]1(O)C(=O)N(CCc2ccccc2)c2ccccc21. The van der Waals surface area contributed by atoms with Crippen molar-refractivity contribution in [2.24, 2.45) is 5.92 Å². The lowest BCUT2D eigenvalue weighted by Gasteiger charge is -2.28. The van der Waals surface area contributed by atoms with Crippen molar-refractivity contribution in [3.05, 3.63) is 102 Å². The van der Waals surface area contributed by atoms with Gasteiger partial charge in [0.15, 0.2) is 11.4 Å². The molecule has 0 spiro atoms. The minimum atomic E-state index is -1.87. The van der Waals surface area contributed by atoms with Crippen LogP contribution in [-0.2, 0) is 16.8 Å². The van der Waals surface area contributed by atoms with E-state index in [4.69, 9.17) is 0 Å². The van der Waals surface area contributed by atoms with E-state index in [-0.39, 0.29) is 5.78 Å². The monoisotopic (exact) mass is 385 g/mol. The summed E-state index contributed by atoms with van der Waals surface area (Å²) in [5, 5.41) is 11.6. The third kappa shape index (κ3) is 3.26. The van der Waals surface area contributed by atoms with E-state index in [9.17, 15) is 14.7 Å². The highest BCUT2D eigenvalue weighted by Crippen LogP contribution is 2.45. The van der Waals surface area contributed by atoms with Crippen LogP contribution in [0.15, 0.2) is 84.9 Å². The van der Waals surface area contributed by atoms with Gasteiger partial charge in [-0.05, 0) is 18.1 Å². The molecule has 0 radical (unpaired) electrons. The average Bonchev–Trinajstić information content (AvgIpc) is 3.00. The fraction of sp³-hybridized carbons (Fsp3) is 0.200. The zero-order valence-electron chi connectivity index (χ0n) is 16.3. The van der Waals surface area contributed by atoms with Crippen LogP contribution in [0.4, 0.5) is 5.69 Å². The summed E-state index contributed by atoms with van der Waals surface area (Å²) in [6, 6.07) is 25.9. The van der Waals surface area contributed by atoms with Gasteiger partial charge in [-0.2, -0.15) is 0 Å². The standard InChI is InChI=1S/C25H23NO3/c1-18(23(27)20-12-6-3-7-13-20)25(29)21-14-8-9-15-22(21)26(24(25)28)17-16-19-10-4-2-5-11-19/h2-15,18,29H,16-17H2,1H3/t18-,25+/m0/s1. The van der Waals surface area contributed by atoms with E-state index >= 15 is 0 Å². The van der Waals surface area contributed by atoms with Crippen LogP contribution in [0.3, 0.4) is 0 Å². The molecule has 1 amide bonds. The van der Waals surface area contributed by atoms with E-state index in [0.717, 1.165) is 5.56 Å². The van der Waals surface area contributed by atoms with Gasteiger partial charge in [-0.3, -0.25) is 9.59 Å². The van der Waals surface area contributed by atoms with E-state index in [1.807, 2.05) is 48.5 Å². The summed E-state index contributed by atoms with van der Waals surface area (Å²) in [5.74, 6) is -1.59. The molecule has 1 aliphatic rings. The van der Waals surface area contributed by atoms with E-state index < -0.39 is 17.4 Å². The van der Waals surface area contributed by atoms with Crippen molar-refractivity contribution >= 4 is 17.4 Å². The zero-order chi connectivity index (χ0) is 20.4. The number of carbonyl (C=O) groups is 2. The van der Waals surface area contributed by atoms with Gasteiger partial charge in [0, 0.05) is 17.7 Å². The highest BCUT2D eigenvalue weighted by molar-refractivity contribution is 6.11. The first kappa shape index (κ1) is 19.1. The van der Waals surface area contributed by atoms with Crippen LogP contribution in [0.25, 0.3) is 0 Å². The van der Waals surface area contributed by atoms with Crippen LogP contribution in [0.5, 0.6) is 0 Å². The molecule has 146 valence electrons. The molecule has 0 aromatic heterocycles. The number of para-hydroxylation sites is 1. The van der Waals surface area contributed by atoms with Crippen LogP contribution in [0.1, 0.15) is 28.4 Å². The quantitative estimate of drug-likeness (QED) is 0.653. The Balaban J connectivity index is 1.67. The number of nitrogens with zero attached hydrogens (tertiary/aromatic N) is 1. The smallest absolute Gasteiger partial charge is 0.264 e. The number of hydrogen-bond acceptors (Lipinski definition) is 3. The molecular weight excluding hydrogens is 362 g/mol. The fourth-order valence-electron chi connectivity index (χ4n) is 4.03. The van der Waals surface area contributed by atoms with Crippen molar-refractivity contribution in [2.45, 2.75) is 18.9 Å². The van der Waals surface area contributed by atoms with Gasteiger partial charge in [0.2, 0.25) is 0 Å². The number of amides is 1. The number of anilines is 1. The van der Waals surface area contributed by atoms with E-state index in [1.165, 1.54) is 0 Å². The van der Waals surface area contributed by atoms with Crippen molar-refractivity contribution in [1.82, 2.24) is 0 Å². The van der Waals surface area contributed by atoms with E-state index in [2.05, 4.69) is 0 Å². The summed E-state index contributed by atoms with van der Waals surface area (Å²) in [6.45, 7) is 2.07. The number of fused-ring (bicyclic) bond motifs is 1. The van der Waals surface area contributed by atoms with Gasteiger partial charge >= 0.3 is 0 Å². The summed E-state index contributed by atoms with van der Waals surface area (Å²) in [7, 11) is 0. The van der Waals surface area contributed by atoms with Gasteiger partial charge in [-0.15, -0.1) is 0 Å². The summed E-state index contributed by atoms with van der Waals surface area (Å²) >= 11 is 0. The van der Waals surface area contributed by atoms with Crippen LogP contribution in [-0.4, -0.2) is 23.3 Å². The van der Waals surface area contributed by atoms with Gasteiger partial charge in [-0.1, -0.05) is 85.8 Å². The first-order chi connectivity index (χ1) is 14.0. The Labute approximate surface area is 170 Å². The van der Waals surface area contributed by atoms with E-state index in [0.29, 0.717) is 29.8 Å². The lowest BCUT2D eigenvalue weighted by atomic mass is 9.79. The highest BCUT2D eigenvalue weighted by atomic mass is 16.3. The number of aliphatic hydroxyl groups is 1. The second kappa shape index (κ2) is 7.64. The molecule has 1 aliphatic heterocycles. The Morgan fingerprint density at radius 2 is 1.52 bits per heavy atom. The molecule has 4 nitrogen and oxygen atoms in total. The molecule has 0 fully saturated rings. The number of rotatable bonds is 6. The van der Waals surface area contributed by atoms with Gasteiger partial charge in [0.05, 0.1) is 11.6 Å². The number of carbonyl (C=O) groups excluding carboxylic acids is 2. The normalized spacial score (nSPS) is 19.1. The lowest BCUT2D eigenvalue weighted by molar-refractivity contribution is -0.139. The summed E-state index contributed by atoms with van der Waals surface area (Å²) in [5.41, 5.74) is 0.891. The summed E-state index contributed by atoms with van der Waals surface area (Å²) < 4.78 is 0. The molecule has 0 unspecified atom stereocenters. The maximum atomic E-state index is 13.4. The predicted molar refractivity (Wildman–Crippen MR) is 113 cm³/mol. The third-order valence-corrected chi connectivity index (χ3v) is 5.72. The number of Topliss-reactive ketones (excluding diaryl/α,β-unsaturated/α-hetero) is 1. The maximum absolute atomic E-state index is 13.4. The van der Waals surface area contributed by atoms with Gasteiger partial charge < -0.3 is 10.0 Å². The molecule has 3 aromatic rings. The molecular formula is C25H23NO3. The van der Waals surface area contributed by atoms with Gasteiger partial charge in [0.1, 0.15) is 0 Å². The largest absolute Gasteiger partial charge is 0.375 e. The molecule has 2 atom stereocenters. The lowest BCUT2D eigenvalue weighted by Crippen LogP contribution is -2.47. The Kier molecular flexibility index (Phi) is 5.03. The number of ketones is 1.